The maximum absolute atomic E-state index is 11.4. The zero-order valence-corrected chi connectivity index (χ0v) is 9.40. The van der Waals surface area contributed by atoms with Crippen molar-refractivity contribution < 1.29 is 4.79 Å². The van der Waals surface area contributed by atoms with Crippen LogP contribution < -0.4 is 11.1 Å². The van der Waals surface area contributed by atoms with E-state index in [0.29, 0.717) is 11.7 Å². The summed E-state index contributed by atoms with van der Waals surface area (Å²) in [6.45, 7) is 6.62. The lowest BCUT2D eigenvalue weighted by Crippen LogP contribution is -2.33. The monoisotopic (exact) mass is 210 g/mol. The maximum atomic E-state index is 11.4. The molecular formula is C10H18N4O. The Morgan fingerprint density at radius 1 is 1.60 bits per heavy atom. The van der Waals surface area contributed by atoms with Crippen molar-refractivity contribution in [3.63, 3.8) is 0 Å². The van der Waals surface area contributed by atoms with Crippen LogP contribution in [0.1, 0.15) is 20.8 Å². The molecule has 0 aliphatic carbocycles. The van der Waals surface area contributed by atoms with Crippen molar-refractivity contribution in [2.75, 3.05) is 5.32 Å². The summed E-state index contributed by atoms with van der Waals surface area (Å²) in [7, 11) is 0. The highest BCUT2D eigenvalue weighted by Crippen LogP contribution is 2.09. The molecule has 15 heavy (non-hydrogen) atoms. The van der Waals surface area contributed by atoms with Gasteiger partial charge in [0.05, 0.1) is 12.2 Å². The van der Waals surface area contributed by atoms with Gasteiger partial charge in [0.1, 0.15) is 5.82 Å². The molecule has 0 aliphatic heterocycles. The number of carbonyl (C=O) groups is 1. The summed E-state index contributed by atoms with van der Waals surface area (Å²) in [6, 6.07) is 1.26. The molecule has 3 N–H and O–H groups in total. The van der Waals surface area contributed by atoms with Crippen LogP contribution in [0.15, 0.2) is 12.3 Å². The molecule has 0 radical (unpaired) electrons. The minimum atomic E-state index is -0.507. The van der Waals surface area contributed by atoms with Gasteiger partial charge in [-0.3, -0.25) is 4.79 Å². The van der Waals surface area contributed by atoms with Gasteiger partial charge in [-0.2, -0.15) is 5.10 Å². The molecule has 0 aliphatic rings. The number of nitrogens with zero attached hydrogens (tertiary/aromatic N) is 2. The molecule has 1 unspecified atom stereocenters. The summed E-state index contributed by atoms with van der Waals surface area (Å²) in [5, 5.41) is 6.86. The quantitative estimate of drug-likeness (QED) is 0.773. The number of nitrogens with one attached hydrogen (secondary N) is 1. The summed E-state index contributed by atoms with van der Waals surface area (Å²) in [4.78, 5) is 11.4. The Balaban J connectivity index is 2.69. The van der Waals surface area contributed by atoms with E-state index in [1.807, 2.05) is 0 Å². The van der Waals surface area contributed by atoms with Gasteiger partial charge in [-0.25, -0.2) is 4.68 Å². The van der Waals surface area contributed by atoms with E-state index in [1.54, 1.807) is 23.9 Å². The van der Waals surface area contributed by atoms with Crippen molar-refractivity contribution in [1.82, 2.24) is 9.78 Å². The van der Waals surface area contributed by atoms with Crippen molar-refractivity contribution in [1.29, 1.82) is 0 Å². The third-order valence-corrected chi connectivity index (χ3v) is 1.92. The Kier molecular flexibility index (Phi) is 3.85. The highest BCUT2D eigenvalue weighted by atomic mass is 16.2. The summed E-state index contributed by atoms with van der Waals surface area (Å²) in [5.74, 6) is 0.988. The molecule has 5 heteroatoms. The van der Waals surface area contributed by atoms with Gasteiger partial charge in [0, 0.05) is 12.6 Å². The second-order valence-electron chi connectivity index (χ2n) is 4.07. The van der Waals surface area contributed by atoms with Gasteiger partial charge in [-0.05, 0) is 12.8 Å². The predicted octanol–water partition coefficient (Wildman–Crippen LogP) is 0.825. The van der Waals surface area contributed by atoms with E-state index in [4.69, 9.17) is 5.73 Å². The van der Waals surface area contributed by atoms with Gasteiger partial charge < -0.3 is 11.1 Å². The van der Waals surface area contributed by atoms with Gasteiger partial charge in [0.2, 0.25) is 5.91 Å². The van der Waals surface area contributed by atoms with Crippen LogP contribution in [0.3, 0.4) is 0 Å². The lowest BCUT2D eigenvalue weighted by atomic mass is 10.2. The third-order valence-electron chi connectivity index (χ3n) is 1.92. The van der Waals surface area contributed by atoms with Crippen molar-refractivity contribution in [3.8, 4) is 0 Å². The molecule has 1 amide bonds. The largest absolute Gasteiger partial charge is 0.320 e. The smallest absolute Gasteiger partial charge is 0.242 e. The number of hydrogen-bond donors (Lipinski definition) is 2. The number of aromatic nitrogens is 2. The number of hydrogen-bond acceptors (Lipinski definition) is 3. The summed E-state index contributed by atoms with van der Waals surface area (Å²) in [5.41, 5.74) is 5.46. The molecule has 0 bridgehead atoms. The summed E-state index contributed by atoms with van der Waals surface area (Å²) < 4.78 is 1.77. The molecule has 0 fully saturated rings. The first-order valence-electron chi connectivity index (χ1n) is 5.09. The van der Waals surface area contributed by atoms with E-state index in [-0.39, 0.29) is 5.91 Å². The Hall–Kier alpha value is -1.36. The van der Waals surface area contributed by atoms with E-state index < -0.39 is 6.04 Å². The SMILES string of the molecule is CC(C)Cn1nccc1NC(=O)C(C)N. The van der Waals surface area contributed by atoms with Crippen LogP contribution in [0.4, 0.5) is 5.82 Å². The third kappa shape index (κ3) is 3.36. The fraction of sp³-hybridized carbons (Fsp3) is 0.600. The predicted molar refractivity (Wildman–Crippen MR) is 59.3 cm³/mol. The minimum absolute atomic E-state index is 0.194. The molecule has 0 spiro atoms. The van der Waals surface area contributed by atoms with Gasteiger partial charge in [0.15, 0.2) is 0 Å². The lowest BCUT2D eigenvalue weighted by Gasteiger charge is -2.11. The van der Waals surface area contributed by atoms with Gasteiger partial charge >= 0.3 is 0 Å². The Morgan fingerprint density at radius 3 is 2.80 bits per heavy atom. The van der Waals surface area contributed by atoms with E-state index in [9.17, 15) is 4.79 Å². The number of nitrogens with two attached hydrogens (primary N) is 1. The highest BCUT2D eigenvalue weighted by Gasteiger charge is 2.11. The van der Waals surface area contributed by atoms with Crippen LogP contribution in [0.5, 0.6) is 0 Å². The number of rotatable bonds is 4. The molecular weight excluding hydrogens is 192 g/mol. The molecule has 1 aromatic heterocycles. The van der Waals surface area contributed by atoms with Crippen LogP contribution in [-0.4, -0.2) is 21.7 Å². The van der Waals surface area contributed by atoms with Crippen LogP contribution in [0.2, 0.25) is 0 Å². The Bertz CT molecular complexity index is 330. The fourth-order valence-electron chi connectivity index (χ4n) is 1.17. The van der Waals surface area contributed by atoms with Crippen molar-refractivity contribution >= 4 is 11.7 Å². The van der Waals surface area contributed by atoms with Gasteiger partial charge in [0.25, 0.3) is 0 Å². The van der Waals surface area contributed by atoms with Crippen LogP contribution in [-0.2, 0) is 11.3 Å². The molecule has 84 valence electrons. The van der Waals surface area contributed by atoms with Crippen molar-refractivity contribution in [2.24, 2.45) is 11.7 Å². The first kappa shape index (κ1) is 11.7. The number of amides is 1. The average Bonchev–Trinajstić information content (AvgIpc) is 2.51. The van der Waals surface area contributed by atoms with Crippen LogP contribution in [0, 0.1) is 5.92 Å². The second-order valence-corrected chi connectivity index (χ2v) is 4.07. The minimum Gasteiger partial charge on any atom is -0.320 e. The molecule has 1 rings (SSSR count). The van der Waals surface area contributed by atoms with E-state index >= 15 is 0 Å². The van der Waals surface area contributed by atoms with Gasteiger partial charge in [-0.15, -0.1) is 0 Å². The summed E-state index contributed by atoms with van der Waals surface area (Å²) in [6.07, 6.45) is 1.67. The lowest BCUT2D eigenvalue weighted by molar-refractivity contribution is -0.117. The fourth-order valence-corrected chi connectivity index (χ4v) is 1.17. The van der Waals surface area contributed by atoms with E-state index in [2.05, 4.69) is 24.3 Å². The molecule has 0 saturated carbocycles. The van der Waals surface area contributed by atoms with E-state index in [1.165, 1.54) is 0 Å². The van der Waals surface area contributed by atoms with Crippen molar-refractivity contribution in [3.05, 3.63) is 12.3 Å². The first-order chi connectivity index (χ1) is 7.00. The van der Waals surface area contributed by atoms with Crippen LogP contribution in [0.25, 0.3) is 0 Å². The Morgan fingerprint density at radius 2 is 2.27 bits per heavy atom. The molecule has 0 aromatic carbocycles. The van der Waals surface area contributed by atoms with Crippen molar-refractivity contribution in [2.45, 2.75) is 33.4 Å². The topological polar surface area (TPSA) is 72.9 Å². The maximum Gasteiger partial charge on any atom is 0.242 e. The van der Waals surface area contributed by atoms with Gasteiger partial charge in [-0.1, -0.05) is 13.8 Å². The molecule has 1 heterocycles. The zero-order valence-electron chi connectivity index (χ0n) is 9.40. The normalized spacial score (nSPS) is 12.9. The number of carbonyl (C=O) groups excluding carboxylic acids is 1. The molecule has 1 aromatic rings. The average molecular weight is 210 g/mol. The summed E-state index contributed by atoms with van der Waals surface area (Å²) >= 11 is 0. The standard InChI is InChI=1S/C10H18N4O/c1-7(2)6-14-9(4-5-12-14)13-10(15)8(3)11/h4-5,7-8H,6,11H2,1-3H3,(H,13,15). The number of anilines is 1. The highest BCUT2D eigenvalue weighted by molar-refractivity contribution is 5.93. The van der Waals surface area contributed by atoms with E-state index in [0.717, 1.165) is 6.54 Å². The molecule has 5 nitrogen and oxygen atoms in total. The zero-order chi connectivity index (χ0) is 11.4. The first-order valence-corrected chi connectivity index (χ1v) is 5.09. The molecule has 1 atom stereocenters. The Labute approximate surface area is 89.6 Å². The van der Waals surface area contributed by atoms with Crippen LogP contribution >= 0.6 is 0 Å². The molecule has 0 saturated heterocycles. The second kappa shape index (κ2) is 4.93.